The smallest absolute Gasteiger partial charge is 0.407 e. The maximum Gasteiger partial charge on any atom is 0.407 e. The fourth-order valence-electron chi connectivity index (χ4n) is 2.70. The van der Waals surface area contributed by atoms with Gasteiger partial charge in [-0.1, -0.05) is 38.1 Å². The minimum absolute atomic E-state index is 0.0568. The molecule has 1 aromatic carbocycles. The number of likely N-dealkylation sites (tertiary alicyclic amines) is 1. The molecular weight excluding hydrogens is 258 g/mol. The second kappa shape index (κ2) is 5.53. The topological polar surface area (TPSA) is 77.8 Å². The summed E-state index contributed by atoms with van der Waals surface area (Å²) in [6, 6.07) is 7.80. The van der Waals surface area contributed by atoms with Gasteiger partial charge < -0.3 is 15.1 Å². The van der Waals surface area contributed by atoms with E-state index in [1.54, 1.807) is 0 Å². The third kappa shape index (κ3) is 2.76. The highest BCUT2D eigenvalue weighted by atomic mass is 16.4. The van der Waals surface area contributed by atoms with Crippen molar-refractivity contribution < 1.29 is 19.8 Å². The maximum absolute atomic E-state index is 11.4. The lowest BCUT2D eigenvalue weighted by Gasteiger charge is -2.16. The van der Waals surface area contributed by atoms with Crippen LogP contribution in [0.4, 0.5) is 4.79 Å². The van der Waals surface area contributed by atoms with Crippen LogP contribution in [-0.2, 0) is 4.79 Å². The van der Waals surface area contributed by atoms with E-state index >= 15 is 0 Å². The molecule has 0 radical (unpaired) electrons. The van der Waals surface area contributed by atoms with Crippen molar-refractivity contribution in [3.8, 4) is 0 Å². The molecule has 20 heavy (non-hydrogen) atoms. The van der Waals surface area contributed by atoms with E-state index in [0.29, 0.717) is 5.92 Å². The lowest BCUT2D eigenvalue weighted by Crippen LogP contribution is -2.28. The van der Waals surface area contributed by atoms with E-state index in [-0.39, 0.29) is 19.0 Å². The van der Waals surface area contributed by atoms with Gasteiger partial charge in [0.2, 0.25) is 0 Å². The van der Waals surface area contributed by atoms with E-state index < -0.39 is 18.0 Å². The van der Waals surface area contributed by atoms with E-state index in [1.807, 2.05) is 24.3 Å². The molecule has 0 aliphatic carbocycles. The fourth-order valence-corrected chi connectivity index (χ4v) is 2.70. The largest absolute Gasteiger partial charge is 0.481 e. The molecule has 5 nitrogen and oxygen atoms in total. The Kier molecular flexibility index (Phi) is 3.97. The predicted molar refractivity (Wildman–Crippen MR) is 74.0 cm³/mol. The van der Waals surface area contributed by atoms with Gasteiger partial charge in [-0.2, -0.15) is 0 Å². The first-order valence-electron chi connectivity index (χ1n) is 6.70. The Labute approximate surface area is 117 Å². The summed E-state index contributed by atoms with van der Waals surface area (Å²) in [4.78, 5) is 23.6. The van der Waals surface area contributed by atoms with Crippen molar-refractivity contribution in [2.45, 2.75) is 25.7 Å². The zero-order valence-electron chi connectivity index (χ0n) is 11.6. The SMILES string of the molecule is CC(C)c1cccc([C@@H]2CN(C(=O)O)C[C@@H]2C(=O)O)c1. The number of carbonyl (C=O) groups is 2. The van der Waals surface area contributed by atoms with E-state index in [1.165, 1.54) is 4.90 Å². The molecule has 108 valence electrons. The second-order valence-corrected chi connectivity index (χ2v) is 5.56. The molecule has 5 heteroatoms. The summed E-state index contributed by atoms with van der Waals surface area (Å²) < 4.78 is 0. The van der Waals surface area contributed by atoms with E-state index in [9.17, 15) is 14.7 Å². The van der Waals surface area contributed by atoms with Gasteiger partial charge in [-0.15, -0.1) is 0 Å². The maximum atomic E-state index is 11.4. The van der Waals surface area contributed by atoms with Gasteiger partial charge in [0, 0.05) is 19.0 Å². The van der Waals surface area contributed by atoms with Crippen molar-refractivity contribution in [3.05, 3.63) is 35.4 Å². The minimum atomic E-state index is -1.06. The number of carboxylic acid groups (broad SMARTS) is 2. The molecule has 1 aliphatic rings. The average molecular weight is 277 g/mol. The highest BCUT2D eigenvalue weighted by molar-refractivity contribution is 5.75. The predicted octanol–water partition coefficient (Wildman–Crippen LogP) is 2.59. The number of benzene rings is 1. The Bertz CT molecular complexity index is 526. The van der Waals surface area contributed by atoms with Gasteiger partial charge >= 0.3 is 12.1 Å². The van der Waals surface area contributed by atoms with Crippen molar-refractivity contribution in [1.29, 1.82) is 0 Å². The van der Waals surface area contributed by atoms with Gasteiger partial charge in [0.05, 0.1) is 5.92 Å². The first-order valence-corrected chi connectivity index (χ1v) is 6.70. The Balaban J connectivity index is 2.31. The molecule has 1 heterocycles. The Morgan fingerprint density at radius 3 is 2.50 bits per heavy atom. The van der Waals surface area contributed by atoms with Crippen molar-refractivity contribution in [2.75, 3.05) is 13.1 Å². The molecule has 2 rings (SSSR count). The van der Waals surface area contributed by atoms with Crippen molar-refractivity contribution in [2.24, 2.45) is 5.92 Å². The molecule has 0 unspecified atom stereocenters. The van der Waals surface area contributed by atoms with Crippen LogP contribution in [0.15, 0.2) is 24.3 Å². The molecule has 1 fully saturated rings. The third-order valence-electron chi connectivity index (χ3n) is 3.91. The van der Waals surface area contributed by atoms with Crippen LogP contribution in [0.1, 0.15) is 36.8 Å². The Morgan fingerprint density at radius 2 is 1.95 bits per heavy atom. The monoisotopic (exact) mass is 277 g/mol. The standard InChI is InChI=1S/C15H19NO4/c1-9(2)10-4-3-5-11(6-10)12-7-16(15(19)20)8-13(12)14(17)18/h3-6,9,12-13H,7-8H2,1-2H3,(H,17,18)(H,19,20)/t12-,13-/m0/s1. The third-order valence-corrected chi connectivity index (χ3v) is 3.91. The zero-order chi connectivity index (χ0) is 14.9. The summed E-state index contributed by atoms with van der Waals surface area (Å²) in [6.07, 6.45) is -1.06. The summed E-state index contributed by atoms with van der Waals surface area (Å²) in [5, 5.41) is 18.4. The Hall–Kier alpha value is -2.04. The molecule has 2 N–H and O–H groups in total. The van der Waals surface area contributed by atoms with Crippen LogP contribution in [0.5, 0.6) is 0 Å². The van der Waals surface area contributed by atoms with Crippen LogP contribution in [0.2, 0.25) is 0 Å². The Morgan fingerprint density at radius 1 is 1.25 bits per heavy atom. The number of carboxylic acids is 1. The summed E-state index contributed by atoms with van der Waals surface area (Å²) in [6.45, 7) is 4.45. The molecule has 0 aromatic heterocycles. The summed E-state index contributed by atoms with van der Waals surface area (Å²) in [7, 11) is 0. The fraction of sp³-hybridized carbons (Fsp3) is 0.467. The summed E-state index contributed by atoms with van der Waals surface area (Å²) in [5.74, 6) is -1.53. The molecule has 1 saturated heterocycles. The van der Waals surface area contributed by atoms with E-state index in [4.69, 9.17) is 5.11 Å². The highest BCUT2D eigenvalue weighted by Crippen LogP contribution is 2.34. The molecule has 0 saturated carbocycles. The molecule has 0 spiro atoms. The van der Waals surface area contributed by atoms with Crippen LogP contribution in [0, 0.1) is 5.92 Å². The summed E-state index contributed by atoms with van der Waals surface area (Å²) in [5.41, 5.74) is 2.05. The lowest BCUT2D eigenvalue weighted by atomic mass is 9.87. The van der Waals surface area contributed by atoms with Crippen molar-refractivity contribution >= 4 is 12.1 Å². The van der Waals surface area contributed by atoms with Gasteiger partial charge in [0.15, 0.2) is 0 Å². The van der Waals surface area contributed by atoms with E-state index in [2.05, 4.69) is 13.8 Å². The molecule has 1 amide bonds. The number of nitrogens with zero attached hydrogens (tertiary/aromatic N) is 1. The van der Waals surface area contributed by atoms with Crippen LogP contribution in [-0.4, -0.2) is 40.3 Å². The number of hydrogen-bond acceptors (Lipinski definition) is 2. The van der Waals surface area contributed by atoms with Crippen LogP contribution in [0.25, 0.3) is 0 Å². The molecule has 0 bridgehead atoms. The minimum Gasteiger partial charge on any atom is -0.481 e. The second-order valence-electron chi connectivity index (χ2n) is 5.56. The van der Waals surface area contributed by atoms with Crippen LogP contribution >= 0.6 is 0 Å². The quantitative estimate of drug-likeness (QED) is 0.890. The first kappa shape index (κ1) is 14.4. The van der Waals surface area contributed by atoms with Crippen LogP contribution in [0.3, 0.4) is 0 Å². The number of aliphatic carboxylic acids is 1. The van der Waals surface area contributed by atoms with Crippen molar-refractivity contribution in [1.82, 2.24) is 4.90 Å². The number of hydrogen-bond donors (Lipinski definition) is 2. The summed E-state index contributed by atoms with van der Waals surface area (Å²) >= 11 is 0. The van der Waals surface area contributed by atoms with Gasteiger partial charge in [-0.3, -0.25) is 4.79 Å². The molecule has 1 aliphatic heterocycles. The van der Waals surface area contributed by atoms with E-state index in [0.717, 1.165) is 11.1 Å². The molecule has 1 aromatic rings. The molecule has 2 atom stereocenters. The first-order chi connectivity index (χ1) is 9.40. The van der Waals surface area contributed by atoms with Gasteiger partial charge in [0.25, 0.3) is 0 Å². The number of amides is 1. The van der Waals surface area contributed by atoms with Crippen molar-refractivity contribution in [3.63, 3.8) is 0 Å². The number of rotatable bonds is 3. The molecular formula is C15H19NO4. The van der Waals surface area contributed by atoms with Crippen LogP contribution < -0.4 is 0 Å². The van der Waals surface area contributed by atoms with Gasteiger partial charge in [-0.05, 0) is 17.0 Å². The van der Waals surface area contributed by atoms with Gasteiger partial charge in [0.1, 0.15) is 0 Å². The average Bonchev–Trinajstić information content (AvgIpc) is 2.84. The normalized spacial score (nSPS) is 22.2. The highest BCUT2D eigenvalue weighted by Gasteiger charge is 2.40. The lowest BCUT2D eigenvalue weighted by molar-refractivity contribution is -0.141. The van der Waals surface area contributed by atoms with Gasteiger partial charge in [-0.25, -0.2) is 4.79 Å². The zero-order valence-corrected chi connectivity index (χ0v) is 11.6.